The van der Waals surface area contributed by atoms with Gasteiger partial charge in [0.15, 0.2) is 11.6 Å². The first kappa shape index (κ1) is 14.1. The number of hydrogen-bond acceptors (Lipinski definition) is 3. The van der Waals surface area contributed by atoms with Gasteiger partial charge in [0.05, 0.1) is 6.61 Å². The number of ether oxygens (including phenoxy) is 1. The summed E-state index contributed by atoms with van der Waals surface area (Å²) in [5.74, 6) is 0.768. The van der Waals surface area contributed by atoms with Crippen LogP contribution >= 0.6 is 0 Å². The molecule has 0 bridgehead atoms. The number of hydrogen-bond donors (Lipinski definition) is 2. The molecule has 0 aromatic heterocycles. The third-order valence-corrected chi connectivity index (χ3v) is 3.51. The van der Waals surface area contributed by atoms with Gasteiger partial charge in [-0.05, 0) is 57.3 Å². The molecule has 1 unspecified atom stereocenters. The minimum absolute atomic E-state index is 0.300. The molecule has 1 saturated heterocycles. The second-order valence-electron chi connectivity index (χ2n) is 5.01. The van der Waals surface area contributed by atoms with Crippen LogP contribution in [-0.4, -0.2) is 26.2 Å². The molecule has 0 spiro atoms. The van der Waals surface area contributed by atoms with Gasteiger partial charge in [-0.2, -0.15) is 0 Å². The van der Waals surface area contributed by atoms with Crippen LogP contribution in [0.2, 0.25) is 0 Å². The maximum absolute atomic E-state index is 13.6. The lowest BCUT2D eigenvalue weighted by Crippen LogP contribution is -2.30. The summed E-state index contributed by atoms with van der Waals surface area (Å²) in [6, 6.07) is 5.06. The standard InChI is InChI=1S/C15H23FN2O/c1-2-19-15-6-5-13(10-14(15)16)18-9-7-12-4-3-8-17-11-12/h5-6,10,12,17-18H,2-4,7-9,11H2,1H3. The van der Waals surface area contributed by atoms with E-state index in [1.165, 1.54) is 18.9 Å². The molecule has 19 heavy (non-hydrogen) atoms. The van der Waals surface area contributed by atoms with Crippen LogP contribution in [0.15, 0.2) is 18.2 Å². The van der Waals surface area contributed by atoms with E-state index in [9.17, 15) is 4.39 Å². The minimum Gasteiger partial charge on any atom is -0.491 e. The highest BCUT2D eigenvalue weighted by Gasteiger charge is 2.12. The van der Waals surface area contributed by atoms with Crippen LogP contribution in [0.5, 0.6) is 5.75 Å². The smallest absolute Gasteiger partial charge is 0.167 e. The van der Waals surface area contributed by atoms with E-state index in [0.29, 0.717) is 12.4 Å². The van der Waals surface area contributed by atoms with Crippen LogP contribution in [0.4, 0.5) is 10.1 Å². The zero-order valence-electron chi connectivity index (χ0n) is 11.5. The van der Waals surface area contributed by atoms with Gasteiger partial charge >= 0.3 is 0 Å². The highest BCUT2D eigenvalue weighted by molar-refractivity contribution is 5.47. The van der Waals surface area contributed by atoms with E-state index in [-0.39, 0.29) is 5.82 Å². The molecule has 2 rings (SSSR count). The first-order valence-corrected chi connectivity index (χ1v) is 7.16. The maximum atomic E-state index is 13.6. The van der Waals surface area contributed by atoms with Crippen molar-refractivity contribution >= 4 is 5.69 Å². The molecule has 1 atom stereocenters. The molecule has 0 radical (unpaired) electrons. The Morgan fingerprint density at radius 2 is 2.37 bits per heavy atom. The van der Waals surface area contributed by atoms with Gasteiger partial charge in [-0.3, -0.25) is 0 Å². The normalized spacial score (nSPS) is 19.2. The summed E-state index contributed by atoms with van der Waals surface area (Å²) >= 11 is 0. The van der Waals surface area contributed by atoms with Crippen LogP contribution in [0.1, 0.15) is 26.2 Å². The lowest BCUT2D eigenvalue weighted by atomic mass is 9.96. The van der Waals surface area contributed by atoms with Crippen LogP contribution in [0, 0.1) is 11.7 Å². The Kier molecular flexibility index (Phi) is 5.45. The van der Waals surface area contributed by atoms with Gasteiger partial charge in [-0.1, -0.05) is 0 Å². The van der Waals surface area contributed by atoms with Gasteiger partial charge in [0.1, 0.15) is 0 Å². The topological polar surface area (TPSA) is 33.3 Å². The van der Waals surface area contributed by atoms with E-state index in [4.69, 9.17) is 4.74 Å². The SMILES string of the molecule is CCOc1ccc(NCCC2CCCNC2)cc1F. The predicted octanol–water partition coefficient (Wildman–Crippen LogP) is 3.03. The fraction of sp³-hybridized carbons (Fsp3) is 0.600. The van der Waals surface area contributed by atoms with E-state index >= 15 is 0 Å². The van der Waals surface area contributed by atoms with Crippen LogP contribution in [-0.2, 0) is 0 Å². The summed E-state index contributed by atoms with van der Waals surface area (Å²) in [7, 11) is 0. The molecule has 106 valence electrons. The number of anilines is 1. The van der Waals surface area contributed by atoms with E-state index in [1.807, 2.05) is 13.0 Å². The fourth-order valence-corrected chi connectivity index (χ4v) is 2.47. The predicted molar refractivity (Wildman–Crippen MR) is 76.3 cm³/mol. The Labute approximate surface area is 114 Å². The van der Waals surface area contributed by atoms with Crippen LogP contribution in [0.3, 0.4) is 0 Å². The number of rotatable bonds is 6. The molecule has 0 aliphatic carbocycles. The van der Waals surface area contributed by atoms with Gasteiger partial charge in [0.2, 0.25) is 0 Å². The first-order valence-electron chi connectivity index (χ1n) is 7.16. The van der Waals surface area contributed by atoms with Gasteiger partial charge in [0.25, 0.3) is 0 Å². The molecule has 1 aliphatic heterocycles. The molecule has 1 aromatic rings. The molecule has 0 saturated carbocycles. The zero-order chi connectivity index (χ0) is 13.5. The van der Waals surface area contributed by atoms with Crippen molar-refractivity contribution < 1.29 is 9.13 Å². The molecule has 1 heterocycles. The summed E-state index contributed by atoms with van der Waals surface area (Å²) in [5, 5.41) is 6.69. The zero-order valence-corrected chi connectivity index (χ0v) is 11.5. The average molecular weight is 266 g/mol. The van der Waals surface area contributed by atoms with Crippen molar-refractivity contribution in [2.24, 2.45) is 5.92 Å². The van der Waals surface area contributed by atoms with Crippen molar-refractivity contribution in [3.8, 4) is 5.75 Å². The highest BCUT2D eigenvalue weighted by Crippen LogP contribution is 2.21. The summed E-state index contributed by atoms with van der Waals surface area (Å²) in [6.45, 7) is 5.48. The lowest BCUT2D eigenvalue weighted by Gasteiger charge is -2.22. The minimum atomic E-state index is -0.300. The summed E-state index contributed by atoms with van der Waals surface area (Å²) in [6.07, 6.45) is 3.69. The van der Waals surface area contributed by atoms with Crippen LogP contribution < -0.4 is 15.4 Å². The third-order valence-electron chi connectivity index (χ3n) is 3.51. The first-order chi connectivity index (χ1) is 9.29. The Hall–Kier alpha value is -1.29. The van der Waals surface area contributed by atoms with E-state index < -0.39 is 0 Å². The molecular weight excluding hydrogens is 243 g/mol. The molecular formula is C15H23FN2O. The fourth-order valence-electron chi connectivity index (χ4n) is 2.47. The maximum Gasteiger partial charge on any atom is 0.167 e. The van der Waals surface area contributed by atoms with Crippen molar-refractivity contribution in [3.05, 3.63) is 24.0 Å². The lowest BCUT2D eigenvalue weighted by molar-refractivity contribution is 0.321. The quantitative estimate of drug-likeness (QED) is 0.830. The Morgan fingerprint density at radius 3 is 3.05 bits per heavy atom. The monoisotopic (exact) mass is 266 g/mol. The third kappa shape index (κ3) is 4.39. The Morgan fingerprint density at radius 1 is 1.47 bits per heavy atom. The van der Waals surface area contributed by atoms with Gasteiger partial charge in [-0.15, -0.1) is 0 Å². The largest absolute Gasteiger partial charge is 0.491 e. The van der Waals surface area contributed by atoms with E-state index in [2.05, 4.69) is 10.6 Å². The summed E-state index contributed by atoms with van der Waals surface area (Å²) in [4.78, 5) is 0. The molecule has 0 amide bonds. The number of nitrogens with one attached hydrogen (secondary N) is 2. The number of halogens is 1. The van der Waals surface area contributed by atoms with Gasteiger partial charge < -0.3 is 15.4 Å². The van der Waals surface area contributed by atoms with Crippen molar-refractivity contribution in [3.63, 3.8) is 0 Å². The molecule has 1 aliphatic rings. The van der Waals surface area contributed by atoms with Crippen molar-refractivity contribution in [2.45, 2.75) is 26.2 Å². The van der Waals surface area contributed by atoms with Crippen molar-refractivity contribution in [1.29, 1.82) is 0 Å². The van der Waals surface area contributed by atoms with E-state index in [1.54, 1.807) is 6.07 Å². The van der Waals surface area contributed by atoms with Gasteiger partial charge in [0, 0.05) is 18.3 Å². The van der Waals surface area contributed by atoms with Crippen LogP contribution in [0.25, 0.3) is 0 Å². The summed E-state index contributed by atoms with van der Waals surface area (Å²) < 4.78 is 18.8. The van der Waals surface area contributed by atoms with Gasteiger partial charge in [-0.25, -0.2) is 4.39 Å². The molecule has 2 N–H and O–H groups in total. The molecule has 1 aromatic carbocycles. The van der Waals surface area contributed by atoms with E-state index in [0.717, 1.165) is 37.7 Å². The molecule has 4 heteroatoms. The second kappa shape index (κ2) is 7.34. The number of piperidine rings is 1. The molecule has 1 fully saturated rings. The highest BCUT2D eigenvalue weighted by atomic mass is 19.1. The van der Waals surface area contributed by atoms with Crippen molar-refractivity contribution in [1.82, 2.24) is 5.32 Å². The number of benzene rings is 1. The summed E-state index contributed by atoms with van der Waals surface area (Å²) in [5.41, 5.74) is 0.824. The second-order valence-corrected chi connectivity index (χ2v) is 5.01. The average Bonchev–Trinajstić information content (AvgIpc) is 2.43. The Bertz CT molecular complexity index is 392. The van der Waals surface area contributed by atoms with Crippen molar-refractivity contribution in [2.75, 3.05) is 31.6 Å². The molecule has 3 nitrogen and oxygen atoms in total. The Balaban J connectivity index is 1.77.